The number of aromatic nitrogens is 2. The number of anilines is 2. The van der Waals surface area contributed by atoms with Crippen molar-refractivity contribution in [3.63, 3.8) is 0 Å². The maximum atomic E-state index is 12.4. The molecule has 2 rings (SSSR count). The minimum atomic E-state index is -0.366. The van der Waals surface area contributed by atoms with Crippen molar-refractivity contribution in [2.24, 2.45) is 0 Å². The van der Waals surface area contributed by atoms with E-state index in [0.29, 0.717) is 37.9 Å². The van der Waals surface area contributed by atoms with E-state index in [2.05, 4.69) is 15.3 Å². The van der Waals surface area contributed by atoms with Crippen molar-refractivity contribution in [2.75, 3.05) is 37.4 Å². The summed E-state index contributed by atoms with van der Waals surface area (Å²) in [4.78, 5) is 22.5. The van der Waals surface area contributed by atoms with E-state index in [0.717, 1.165) is 5.56 Å². The number of morpholine rings is 1. The topological polar surface area (TPSA) is 93.4 Å². The van der Waals surface area contributed by atoms with E-state index in [9.17, 15) is 4.79 Å². The molecule has 1 aromatic rings. The second kappa shape index (κ2) is 6.71. The van der Waals surface area contributed by atoms with Crippen LogP contribution in [0.25, 0.3) is 0 Å². The van der Waals surface area contributed by atoms with Crippen LogP contribution in [0, 0.1) is 0 Å². The first-order valence-corrected chi connectivity index (χ1v) is 7.24. The predicted molar refractivity (Wildman–Crippen MR) is 81.0 cm³/mol. The lowest BCUT2D eigenvalue weighted by Gasteiger charge is -2.30. The standard InChI is InChI=1S/C14H23N5O2/c1-9(2)11-12(15)16-8-17-13(11)18-10(3)14(20)19-4-6-21-7-5-19/h8-10H,4-7H2,1-3H3,(H3,15,16,17,18). The number of nitrogens with one attached hydrogen (secondary N) is 1. The second-order valence-corrected chi connectivity index (χ2v) is 5.48. The summed E-state index contributed by atoms with van der Waals surface area (Å²) in [5.74, 6) is 1.31. The fourth-order valence-corrected chi connectivity index (χ4v) is 2.42. The summed E-state index contributed by atoms with van der Waals surface area (Å²) in [7, 11) is 0. The van der Waals surface area contributed by atoms with Crippen molar-refractivity contribution in [1.82, 2.24) is 14.9 Å². The summed E-state index contributed by atoms with van der Waals surface area (Å²) in [6.07, 6.45) is 1.41. The van der Waals surface area contributed by atoms with Crippen LogP contribution >= 0.6 is 0 Å². The molecule has 1 fully saturated rings. The molecule has 21 heavy (non-hydrogen) atoms. The summed E-state index contributed by atoms with van der Waals surface area (Å²) >= 11 is 0. The molecule has 0 spiro atoms. The highest BCUT2D eigenvalue weighted by atomic mass is 16.5. The Kier molecular flexibility index (Phi) is 4.95. The number of amides is 1. The quantitative estimate of drug-likeness (QED) is 0.854. The molecule has 1 saturated heterocycles. The maximum Gasteiger partial charge on any atom is 0.244 e. The van der Waals surface area contributed by atoms with E-state index in [1.165, 1.54) is 6.33 Å². The van der Waals surface area contributed by atoms with Crippen LogP contribution in [0.1, 0.15) is 32.3 Å². The van der Waals surface area contributed by atoms with Gasteiger partial charge in [-0.3, -0.25) is 4.79 Å². The maximum absolute atomic E-state index is 12.4. The molecule has 1 amide bonds. The molecule has 1 aliphatic rings. The molecule has 3 N–H and O–H groups in total. The highest BCUT2D eigenvalue weighted by molar-refractivity contribution is 5.84. The van der Waals surface area contributed by atoms with Gasteiger partial charge in [-0.2, -0.15) is 0 Å². The van der Waals surface area contributed by atoms with Crippen LogP contribution in [-0.4, -0.2) is 53.1 Å². The minimum absolute atomic E-state index is 0.0465. The zero-order valence-corrected chi connectivity index (χ0v) is 12.8. The smallest absolute Gasteiger partial charge is 0.244 e. The Morgan fingerprint density at radius 2 is 2.00 bits per heavy atom. The Balaban J connectivity index is 2.10. The fraction of sp³-hybridized carbons (Fsp3) is 0.643. The zero-order chi connectivity index (χ0) is 15.4. The Morgan fingerprint density at radius 3 is 2.62 bits per heavy atom. The summed E-state index contributed by atoms with van der Waals surface area (Å²) < 4.78 is 5.26. The van der Waals surface area contributed by atoms with Crippen molar-refractivity contribution < 1.29 is 9.53 Å². The summed E-state index contributed by atoms with van der Waals surface area (Å²) in [5, 5.41) is 3.17. The lowest BCUT2D eigenvalue weighted by atomic mass is 10.0. The number of nitrogens with two attached hydrogens (primary N) is 1. The van der Waals surface area contributed by atoms with Crippen LogP contribution in [0.15, 0.2) is 6.33 Å². The zero-order valence-electron chi connectivity index (χ0n) is 12.8. The molecule has 0 saturated carbocycles. The average Bonchev–Trinajstić information content (AvgIpc) is 2.47. The van der Waals surface area contributed by atoms with Gasteiger partial charge < -0.3 is 20.7 Å². The van der Waals surface area contributed by atoms with Crippen LogP contribution in [0.4, 0.5) is 11.6 Å². The monoisotopic (exact) mass is 293 g/mol. The van der Waals surface area contributed by atoms with Crippen molar-refractivity contribution in [1.29, 1.82) is 0 Å². The van der Waals surface area contributed by atoms with Gasteiger partial charge in [-0.25, -0.2) is 9.97 Å². The Bertz CT molecular complexity index is 500. The number of hydrogen-bond acceptors (Lipinski definition) is 6. The predicted octanol–water partition coefficient (Wildman–Crippen LogP) is 0.841. The summed E-state index contributed by atoms with van der Waals surface area (Å²) in [6.45, 7) is 8.33. The van der Waals surface area contributed by atoms with E-state index in [1.54, 1.807) is 4.90 Å². The molecule has 0 bridgehead atoms. The van der Waals surface area contributed by atoms with Crippen LogP contribution in [0.5, 0.6) is 0 Å². The van der Waals surface area contributed by atoms with E-state index >= 15 is 0 Å². The lowest BCUT2D eigenvalue weighted by Crippen LogP contribution is -2.47. The SMILES string of the molecule is CC(Nc1ncnc(N)c1C(C)C)C(=O)N1CCOCC1. The largest absolute Gasteiger partial charge is 0.383 e. The van der Waals surface area contributed by atoms with E-state index in [4.69, 9.17) is 10.5 Å². The van der Waals surface area contributed by atoms with Gasteiger partial charge in [-0.1, -0.05) is 13.8 Å². The molecule has 1 atom stereocenters. The van der Waals surface area contributed by atoms with E-state index < -0.39 is 0 Å². The molecular weight excluding hydrogens is 270 g/mol. The number of rotatable bonds is 4. The van der Waals surface area contributed by atoms with Gasteiger partial charge in [-0.05, 0) is 12.8 Å². The second-order valence-electron chi connectivity index (χ2n) is 5.48. The van der Waals surface area contributed by atoms with E-state index in [1.807, 2.05) is 20.8 Å². The number of carbonyl (C=O) groups excluding carboxylic acids is 1. The Labute approximate surface area is 124 Å². The molecule has 2 heterocycles. The molecule has 7 heteroatoms. The third-order valence-electron chi connectivity index (χ3n) is 3.54. The van der Waals surface area contributed by atoms with Gasteiger partial charge >= 0.3 is 0 Å². The number of carbonyl (C=O) groups is 1. The van der Waals surface area contributed by atoms with Crippen molar-refractivity contribution >= 4 is 17.5 Å². The van der Waals surface area contributed by atoms with Crippen molar-refractivity contribution in [3.05, 3.63) is 11.9 Å². The van der Waals surface area contributed by atoms with Gasteiger partial charge in [0, 0.05) is 18.7 Å². The van der Waals surface area contributed by atoms with Crippen molar-refractivity contribution in [2.45, 2.75) is 32.7 Å². The van der Waals surface area contributed by atoms with Crippen LogP contribution in [0.2, 0.25) is 0 Å². The molecule has 116 valence electrons. The molecule has 1 aliphatic heterocycles. The molecule has 1 aromatic heterocycles. The average molecular weight is 293 g/mol. The lowest BCUT2D eigenvalue weighted by molar-refractivity contribution is -0.135. The van der Waals surface area contributed by atoms with Gasteiger partial charge in [0.2, 0.25) is 5.91 Å². The normalized spacial score (nSPS) is 16.9. The van der Waals surface area contributed by atoms with Crippen LogP contribution in [-0.2, 0) is 9.53 Å². The molecule has 0 aliphatic carbocycles. The van der Waals surface area contributed by atoms with Gasteiger partial charge in [0.25, 0.3) is 0 Å². The third-order valence-corrected chi connectivity index (χ3v) is 3.54. The fourth-order valence-electron chi connectivity index (χ4n) is 2.42. The van der Waals surface area contributed by atoms with Crippen LogP contribution < -0.4 is 11.1 Å². The molecular formula is C14H23N5O2. The highest BCUT2D eigenvalue weighted by Gasteiger charge is 2.24. The van der Waals surface area contributed by atoms with Gasteiger partial charge in [0.1, 0.15) is 24.0 Å². The Hall–Kier alpha value is -1.89. The van der Waals surface area contributed by atoms with Gasteiger partial charge in [-0.15, -0.1) is 0 Å². The first kappa shape index (κ1) is 15.5. The number of ether oxygens (including phenoxy) is 1. The third kappa shape index (κ3) is 3.60. The summed E-state index contributed by atoms with van der Waals surface area (Å²) in [5.41, 5.74) is 6.76. The van der Waals surface area contributed by atoms with Gasteiger partial charge in [0.05, 0.1) is 13.2 Å². The van der Waals surface area contributed by atoms with Gasteiger partial charge in [0.15, 0.2) is 0 Å². The number of nitrogens with zero attached hydrogens (tertiary/aromatic N) is 3. The molecule has 7 nitrogen and oxygen atoms in total. The number of hydrogen-bond donors (Lipinski definition) is 2. The molecule has 1 unspecified atom stereocenters. The first-order chi connectivity index (χ1) is 10.0. The Morgan fingerprint density at radius 1 is 1.33 bits per heavy atom. The minimum Gasteiger partial charge on any atom is -0.383 e. The highest BCUT2D eigenvalue weighted by Crippen LogP contribution is 2.26. The summed E-state index contributed by atoms with van der Waals surface area (Å²) in [6, 6.07) is -0.366. The first-order valence-electron chi connectivity index (χ1n) is 7.24. The van der Waals surface area contributed by atoms with Crippen LogP contribution in [0.3, 0.4) is 0 Å². The number of nitrogen functional groups attached to an aromatic ring is 1. The molecule has 0 aromatic carbocycles. The molecule has 0 radical (unpaired) electrons. The van der Waals surface area contributed by atoms with E-state index in [-0.39, 0.29) is 17.9 Å². The van der Waals surface area contributed by atoms with Crippen molar-refractivity contribution in [3.8, 4) is 0 Å².